The van der Waals surface area contributed by atoms with Crippen molar-refractivity contribution in [2.24, 2.45) is 5.41 Å². The lowest BCUT2D eigenvalue weighted by atomic mass is 9.94. The molecule has 0 aliphatic heterocycles. The first-order valence-corrected chi connectivity index (χ1v) is 9.06. The van der Waals surface area contributed by atoms with Gasteiger partial charge < -0.3 is 10.6 Å². The van der Waals surface area contributed by atoms with Crippen LogP contribution in [0.25, 0.3) is 10.8 Å². The summed E-state index contributed by atoms with van der Waals surface area (Å²) in [6.45, 7) is 11.3. The quantitative estimate of drug-likeness (QED) is 0.877. The summed E-state index contributed by atoms with van der Waals surface area (Å²) in [5.74, 6) is -0.296. The summed E-state index contributed by atoms with van der Waals surface area (Å²) in [5.41, 5.74) is 0.112. The van der Waals surface area contributed by atoms with Gasteiger partial charge in [0.1, 0.15) is 6.04 Å². The zero-order valence-electron chi connectivity index (χ0n) is 16.6. The molecule has 0 unspecified atom stereocenters. The molecule has 140 valence electrons. The van der Waals surface area contributed by atoms with Gasteiger partial charge in [0.25, 0.3) is 0 Å². The number of fused-ring (bicyclic) bond motifs is 1. The molecule has 0 saturated carbocycles. The van der Waals surface area contributed by atoms with Crippen LogP contribution in [0.15, 0.2) is 42.5 Å². The van der Waals surface area contributed by atoms with Gasteiger partial charge in [0, 0.05) is 17.4 Å². The molecule has 2 N–H and O–H groups in total. The van der Waals surface area contributed by atoms with Crippen molar-refractivity contribution in [3.63, 3.8) is 0 Å². The van der Waals surface area contributed by atoms with Crippen LogP contribution in [0.3, 0.4) is 0 Å². The van der Waals surface area contributed by atoms with Crippen LogP contribution in [0, 0.1) is 5.41 Å². The lowest BCUT2D eigenvalue weighted by molar-refractivity contribution is -0.134. The van der Waals surface area contributed by atoms with Gasteiger partial charge in [-0.15, -0.1) is 0 Å². The highest BCUT2D eigenvalue weighted by molar-refractivity contribution is 5.90. The molecule has 2 rings (SSSR count). The van der Waals surface area contributed by atoms with Crippen LogP contribution in [0.2, 0.25) is 0 Å². The summed E-state index contributed by atoms with van der Waals surface area (Å²) in [6, 6.07) is 13.7. The minimum atomic E-state index is -0.609. The molecule has 0 bridgehead atoms. The third-order valence-corrected chi connectivity index (χ3v) is 4.05. The first kappa shape index (κ1) is 20.0. The average molecular weight is 354 g/mol. The van der Waals surface area contributed by atoms with E-state index in [1.165, 1.54) is 0 Å². The van der Waals surface area contributed by atoms with Crippen molar-refractivity contribution in [3.05, 3.63) is 48.0 Å². The second-order valence-corrected chi connectivity index (χ2v) is 8.90. The molecule has 0 saturated heterocycles. The molecule has 0 heterocycles. The Morgan fingerprint density at radius 1 is 0.923 bits per heavy atom. The predicted octanol–water partition coefficient (Wildman–Crippen LogP) is 3.83. The van der Waals surface area contributed by atoms with Gasteiger partial charge in [-0.3, -0.25) is 9.59 Å². The number of nitrogens with one attached hydrogen (secondary N) is 2. The minimum absolute atomic E-state index is 0.132. The third-order valence-electron chi connectivity index (χ3n) is 4.05. The normalized spacial score (nSPS) is 13.3. The third kappa shape index (κ3) is 5.58. The monoisotopic (exact) mass is 354 g/mol. The highest BCUT2D eigenvalue weighted by Crippen LogP contribution is 2.18. The van der Waals surface area contributed by atoms with E-state index in [1.807, 2.05) is 59.7 Å². The largest absolute Gasteiger partial charge is 0.350 e. The first-order chi connectivity index (χ1) is 12.0. The van der Waals surface area contributed by atoms with E-state index in [4.69, 9.17) is 0 Å². The lowest BCUT2D eigenvalue weighted by Gasteiger charge is -2.28. The van der Waals surface area contributed by atoms with Gasteiger partial charge in [0.2, 0.25) is 11.8 Å². The fourth-order valence-corrected chi connectivity index (χ4v) is 2.64. The standard InChI is InChI=1S/C22H30N2O2/c1-21(2,3)20(26)23-18(19(25)24-22(4,5)6)14-15-11-12-16-9-7-8-10-17(16)13-15/h7-13,18H,14H2,1-6H3,(H,23,26)(H,24,25)/t18-/m0/s1. The molecule has 0 aliphatic rings. The van der Waals surface area contributed by atoms with Gasteiger partial charge in [-0.05, 0) is 37.1 Å². The van der Waals surface area contributed by atoms with Gasteiger partial charge in [-0.2, -0.15) is 0 Å². The highest BCUT2D eigenvalue weighted by Gasteiger charge is 2.29. The molecular formula is C22H30N2O2. The number of rotatable bonds is 4. The Bertz CT molecular complexity index is 798. The zero-order valence-corrected chi connectivity index (χ0v) is 16.6. The van der Waals surface area contributed by atoms with Crippen LogP contribution in [0.4, 0.5) is 0 Å². The second-order valence-electron chi connectivity index (χ2n) is 8.90. The maximum Gasteiger partial charge on any atom is 0.243 e. The van der Waals surface area contributed by atoms with Crippen molar-refractivity contribution in [3.8, 4) is 0 Å². The van der Waals surface area contributed by atoms with E-state index < -0.39 is 11.5 Å². The average Bonchev–Trinajstić information content (AvgIpc) is 2.51. The fraction of sp³-hybridized carbons (Fsp3) is 0.455. The summed E-state index contributed by atoms with van der Waals surface area (Å²) in [7, 11) is 0. The van der Waals surface area contributed by atoms with Gasteiger partial charge in [0.05, 0.1) is 0 Å². The molecule has 0 spiro atoms. The fourth-order valence-electron chi connectivity index (χ4n) is 2.64. The highest BCUT2D eigenvalue weighted by atomic mass is 16.2. The van der Waals surface area contributed by atoms with E-state index in [-0.39, 0.29) is 17.4 Å². The van der Waals surface area contributed by atoms with E-state index in [0.717, 1.165) is 16.3 Å². The molecule has 1 atom stereocenters. The molecular weight excluding hydrogens is 324 g/mol. The van der Waals surface area contributed by atoms with E-state index in [1.54, 1.807) is 0 Å². The number of carbonyl (C=O) groups excluding carboxylic acids is 2. The van der Waals surface area contributed by atoms with E-state index >= 15 is 0 Å². The number of amides is 2. The van der Waals surface area contributed by atoms with Crippen molar-refractivity contribution < 1.29 is 9.59 Å². The van der Waals surface area contributed by atoms with Gasteiger partial charge >= 0.3 is 0 Å². The predicted molar refractivity (Wildman–Crippen MR) is 107 cm³/mol. The van der Waals surface area contributed by atoms with Crippen molar-refractivity contribution in [1.29, 1.82) is 0 Å². The van der Waals surface area contributed by atoms with Gasteiger partial charge in [-0.1, -0.05) is 63.2 Å². The number of hydrogen-bond acceptors (Lipinski definition) is 2. The van der Waals surface area contributed by atoms with E-state index in [9.17, 15) is 9.59 Å². The van der Waals surface area contributed by atoms with Crippen LogP contribution in [-0.4, -0.2) is 23.4 Å². The van der Waals surface area contributed by atoms with Crippen molar-refractivity contribution in [1.82, 2.24) is 10.6 Å². The number of carbonyl (C=O) groups is 2. The zero-order chi connectivity index (χ0) is 19.5. The number of benzene rings is 2. The van der Waals surface area contributed by atoms with Crippen molar-refractivity contribution in [2.75, 3.05) is 0 Å². The maximum atomic E-state index is 12.8. The Labute approximate surface area is 156 Å². The molecule has 0 aliphatic carbocycles. The molecule has 0 fully saturated rings. The van der Waals surface area contributed by atoms with Crippen molar-refractivity contribution >= 4 is 22.6 Å². The van der Waals surface area contributed by atoms with Gasteiger partial charge in [-0.25, -0.2) is 0 Å². The van der Waals surface area contributed by atoms with E-state index in [2.05, 4.69) is 34.9 Å². The molecule has 2 aromatic carbocycles. The summed E-state index contributed by atoms with van der Waals surface area (Å²) in [5, 5.41) is 8.19. The first-order valence-electron chi connectivity index (χ1n) is 9.06. The molecule has 26 heavy (non-hydrogen) atoms. The minimum Gasteiger partial charge on any atom is -0.350 e. The second kappa shape index (κ2) is 7.48. The SMILES string of the molecule is CC(C)(C)NC(=O)[C@H](Cc1ccc2ccccc2c1)NC(=O)C(C)(C)C. The van der Waals surface area contributed by atoms with Crippen LogP contribution in [-0.2, 0) is 16.0 Å². The Morgan fingerprint density at radius 3 is 2.12 bits per heavy atom. The summed E-state index contributed by atoms with van der Waals surface area (Å²) >= 11 is 0. The summed E-state index contributed by atoms with van der Waals surface area (Å²) in [6.07, 6.45) is 0.453. The van der Waals surface area contributed by atoms with Gasteiger partial charge in [0.15, 0.2) is 0 Å². The molecule has 2 aromatic rings. The molecule has 2 amide bonds. The number of hydrogen-bond donors (Lipinski definition) is 2. The Balaban J connectivity index is 2.26. The summed E-state index contributed by atoms with van der Waals surface area (Å²) in [4.78, 5) is 25.2. The van der Waals surface area contributed by atoms with Crippen LogP contribution in [0.1, 0.15) is 47.1 Å². The van der Waals surface area contributed by atoms with Crippen LogP contribution >= 0.6 is 0 Å². The Kier molecular flexibility index (Phi) is 5.74. The van der Waals surface area contributed by atoms with Crippen molar-refractivity contribution in [2.45, 2.75) is 59.5 Å². The Hall–Kier alpha value is -2.36. The van der Waals surface area contributed by atoms with Crippen LogP contribution in [0.5, 0.6) is 0 Å². The molecule has 0 radical (unpaired) electrons. The van der Waals surface area contributed by atoms with Crippen LogP contribution < -0.4 is 10.6 Å². The van der Waals surface area contributed by atoms with E-state index in [0.29, 0.717) is 6.42 Å². The molecule has 4 heteroatoms. The molecule has 4 nitrogen and oxygen atoms in total. The lowest BCUT2D eigenvalue weighted by Crippen LogP contribution is -2.54. The maximum absolute atomic E-state index is 12.8. The topological polar surface area (TPSA) is 58.2 Å². The molecule has 0 aromatic heterocycles. The smallest absolute Gasteiger partial charge is 0.243 e. The Morgan fingerprint density at radius 2 is 1.54 bits per heavy atom. The summed E-state index contributed by atoms with van der Waals surface area (Å²) < 4.78 is 0.